The van der Waals surface area contributed by atoms with Crippen LogP contribution in [0.15, 0.2) is 18.3 Å². The molecule has 9 nitrogen and oxygen atoms in total. The fourth-order valence-electron chi connectivity index (χ4n) is 2.38. The maximum absolute atomic E-state index is 11.5. The highest BCUT2D eigenvalue weighted by Crippen LogP contribution is 2.29. The first-order valence-electron chi connectivity index (χ1n) is 7.06. The second kappa shape index (κ2) is 7.54. The Hall–Kier alpha value is -2.68. The molecule has 1 saturated carbocycles. The van der Waals surface area contributed by atoms with Gasteiger partial charge in [-0.3, -0.25) is 19.8 Å². The summed E-state index contributed by atoms with van der Waals surface area (Å²) < 4.78 is 10.4. The summed E-state index contributed by atoms with van der Waals surface area (Å²) >= 11 is 0. The van der Waals surface area contributed by atoms with E-state index in [-0.39, 0.29) is 18.0 Å². The number of carbonyl (C=O) groups excluding carboxylic acids is 3. The van der Waals surface area contributed by atoms with Crippen molar-refractivity contribution in [1.82, 2.24) is 10.4 Å². The number of nitrogens with one attached hydrogen (secondary N) is 2. The third kappa shape index (κ3) is 4.39. The van der Waals surface area contributed by atoms with Crippen molar-refractivity contribution in [2.75, 3.05) is 12.4 Å². The van der Waals surface area contributed by atoms with E-state index < -0.39 is 11.8 Å². The minimum atomic E-state index is -0.954. The number of hydrogen-bond acceptors (Lipinski definition) is 7. The van der Waals surface area contributed by atoms with Gasteiger partial charge < -0.3 is 14.8 Å². The number of anilines is 1. The highest BCUT2D eigenvalue weighted by Gasteiger charge is 2.32. The zero-order chi connectivity index (χ0) is 16.8. The van der Waals surface area contributed by atoms with Crippen LogP contribution >= 0.6 is 0 Å². The lowest BCUT2D eigenvalue weighted by molar-refractivity contribution is -0.145. The molecule has 1 fully saturated rings. The lowest BCUT2D eigenvalue weighted by Gasteiger charge is -2.13. The number of nitrogens with zero attached hydrogens (tertiary/aromatic N) is 1. The van der Waals surface area contributed by atoms with Crippen molar-refractivity contribution in [3.63, 3.8) is 0 Å². The van der Waals surface area contributed by atoms with E-state index in [4.69, 9.17) is 15.3 Å². The van der Waals surface area contributed by atoms with E-state index in [2.05, 4.69) is 10.3 Å². The summed E-state index contributed by atoms with van der Waals surface area (Å²) in [5, 5.41) is 2.33. The Balaban J connectivity index is 1.87. The van der Waals surface area contributed by atoms with Crippen molar-refractivity contribution in [3.05, 3.63) is 18.3 Å². The summed E-state index contributed by atoms with van der Waals surface area (Å²) in [6.07, 6.45) is 3.32. The van der Waals surface area contributed by atoms with Crippen molar-refractivity contribution < 1.29 is 23.9 Å². The number of methoxy groups -OCH3 is 1. The zero-order valence-corrected chi connectivity index (χ0v) is 12.6. The highest BCUT2D eigenvalue weighted by molar-refractivity contribution is 6.39. The number of esters is 1. The van der Waals surface area contributed by atoms with Crippen LogP contribution in [0.3, 0.4) is 0 Å². The van der Waals surface area contributed by atoms with Crippen molar-refractivity contribution in [2.24, 2.45) is 11.8 Å². The summed E-state index contributed by atoms with van der Waals surface area (Å²) in [6.45, 7) is 0. The van der Waals surface area contributed by atoms with Crippen molar-refractivity contribution in [2.45, 2.75) is 25.4 Å². The smallest absolute Gasteiger partial charge is 0.323 e. The van der Waals surface area contributed by atoms with E-state index in [0.29, 0.717) is 18.0 Å². The molecular formula is C14H18N4O5. The van der Waals surface area contributed by atoms with E-state index in [9.17, 15) is 14.4 Å². The first-order chi connectivity index (χ1) is 11.0. The average Bonchev–Trinajstić information content (AvgIpc) is 3.03. The number of carbonyl (C=O) groups is 3. The van der Waals surface area contributed by atoms with E-state index >= 15 is 0 Å². The Morgan fingerprint density at radius 1 is 1.26 bits per heavy atom. The number of pyridine rings is 1. The molecule has 0 saturated heterocycles. The quantitative estimate of drug-likeness (QED) is 0.228. The van der Waals surface area contributed by atoms with Crippen molar-refractivity contribution in [3.8, 4) is 5.88 Å². The van der Waals surface area contributed by atoms with E-state index in [0.717, 1.165) is 12.8 Å². The van der Waals surface area contributed by atoms with Gasteiger partial charge in [0.05, 0.1) is 24.9 Å². The number of hydrogen-bond donors (Lipinski definition) is 3. The molecule has 1 aliphatic carbocycles. The zero-order valence-electron chi connectivity index (χ0n) is 12.6. The molecule has 4 N–H and O–H groups in total. The summed E-state index contributed by atoms with van der Waals surface area (Å²) in [5.41, 5.74) is 2.07. The maximum atomic E-state index is 11.5. The fraction of sp³-hybridized carbons (Fsp3) is 0.429. The summed E-state index contributed by atoms with van der Waals surface area (Å²) in [6, 6.07) is 3.12. The molecule has 1 aromatic heterocycles. The summed E-state index contributed by atoms with van der Waals surface area (Å²) in [7, 11) is 1.37. The largest absolute Gasteiger partial charge is 0.474 e. The van der Waals surface area contributed by atoms with Crippen LogP contribution in [0.5, 0.6) is 5.88 Å². The minimum Gasteiger partial charge on any atom is -0.474 e. The van der Waals surface area contributed by atoms with Gasteiger partial charge in [0, 0.05) is 6.07 Å². The molecule has 124 valence electrons. The summed E-state index contributed by atoms with van der Waals surface area (Å²) in [4.78, 5) is 37.8. The van der Waals surface area contributed by atoms with Gasteiger partial charge in [-0.1, -0.05) is 0 Å². The lowest BCUT2D eigenvalue weighted by Crippen LogP contribution is -2.39. The number of nitrogens with two attached hydrogens (primary N) is 1. The number of ether oxygens (including phenoxy) is 2. The second-order valence-corrected chi connectivity index (χ2v) is 5.09. The number of hydrazine groups is 1. The standard InChI is InChI=1S/C14H18N4O5/c1-22-14(21)8-2-4-10(6-8)23-11-5-3-9(7-16-11)17-12(19)13(20)18-15/h3,5,7-8,10H,2,4,6,15H2,1H3,(H,17,19)(H,18,20). The van der Waals surface area contributed by atoms with Crippen LogP contribution < -0.4 is 21.3 Å². The van der Waals surface area contributed by atoms with Crippen LogP contribution in [-0.2, 0) is 19.1 Å². The van der Waals surface area contributed by atoms with Crippen LogP contribution in [0.1, 0.15) is 19.3 Å². The molecule has 2 atom stereocenters. The molecule has 0 aliphatic heterocycles. The van der Waals surface area contributed by atoms with Crippen LogP contribution in [0.25, 0.3) is 0 Å². The molecule has 0 spiro atoms. The van der Waals surface area contributed by atoms with Gasteiger partial charge in [-0.25, -0.2) is 10.8 Å². The Morgan fingerprint density at radius 3 is 2.65 bits per heavy atom. The first kappa shape index (κ1) is 16.7. The third-order valence-electron chi connectivity index (χ3n) is 3.54. The number of rotatable bonds is 4. The van der Waals surface area contributed by atoms with Gasteiger partial charge in [-0.2, -0.15) is 0 Å². The second-order valence-electron chi connectivity index (χ2n) is 5.09. The molecule has 9 heteroatoms. The van der Waals surface area contributed by atoms with Gasteiger partial charge in [-0.15, -0.1) is 0 Å². The molecule has 1 heterocycles. The van der Waals surface area contributed by atoms with Gasteiger partial charge >= 0.3 is 17.8 Å². The molecule has 0 aromatic carbocycles. The number of amides is 2. The fourth-order valence-corrected chi connectivity index (χ4v) is 2.38. The Morgan fingerprint density at radius 2 is 2.04 bits per heavy atom. The molecular weight excluding hydrogens is 304 g/mol. The molecule has 1 aliphatic rings. The van der Waals surface area contributed by atoms with E-state index in [1.54, 1.807) is 17.6 Å². The molecule has 23 heavy (non-hydrogen) atoms. The van der Waals surface area contributed by atoms with Crippen LogP contribution in [0.4, 0.5) is 5.69 Å². The SMILES string of the molecule is COC(=O)C1CCC(Oc2ccc(NC(=O)C(=O)NN)cn2)C1. The lowest BCUT2D eigenvalue weighted by atomic mass is 10.1. The normalized spacial score (nSPS) is 19.7. The molecule has 2 amide bonds. The maximum Gasteiger partial charge on any atom is 0.323 e. The first-order valence-corrected chi connectivity index (χ1v) is 7.06. The van der Waals surface area contributed by atoms with E-state index in [1.165, 1.54) is 13.3 Å². The highest BCUT2D eigenvalue weighted by atomic mass is 16.5. The Bertz CT molecular complexity index is 589. The monoisotopic (exact) mass is 322 g/mol. The molecule has 2 rings (SSSR count). The average molecular weight is 322 g/mol. The molecule has 2 unspecified atom stereocenters. The van der Waals surface area contributed by atoms with Crippen molar-refractivity contribution >= 4 is 23.5 Å². The molecule has 0 bridgehead atoms. The van der Waals surface area contributed by atoms with Crippen LogP contribution in [0.2, 0.25) is 0 Å². The van der Waals surface area contributed by atoms with Crippen LogP contribution in [-0.4, -0.2) is 36.0 Å². The minimum absolute atomic E-state index is 0.102. The van der Waals surface area contributed by atoms with Crippen LogP contribution in [0, 0.1) is 5.92 Å². The van der Waals surface area contributed by atoms with Gasteiger partial charge in [0.2, 0.25) is 5.88 Å². The third-order valence-corrected chi connectivity index (χ3v) is 3.54. The topological polar surface area (TPSA) is 133 Å². The van der Waals surface area contributed by atoms with Gasteiger partial charge in [-0.05, 0) is 25.3 Å². The molecule has 0 radical (unpaired) electrons. The van der Waals surface area contributed by atoms with E-state index in [1.807, 2.05) is 0 Å². The Kier molecular flexibility index (Phi) is 5.47. The molecule has 1 aromatic rings. The summed E-state index contributed by atoms with van der Waals surface area (Å²) in [5.74, 6) is 3.03. The van der Waals surface area contributed by atoms with Gasteiger partial charge in [0.1, 0.15) is 6.10 Å². The predicted octanol–water partition coefficient (Wildman–Crippen LogP) is -0.269. The van der Waals surface area contributed by atoms with Gasteiger partial charge in [0.15, 0.2) is 0 Å². The Labute approximate surface area is 132 Å². The van der Waals surface area contributed by atoms with Crippen molar-refractivity contribution in [1.29, 1.82) is 0 Å². The predicted molar refractivity (Wildman–Crippen MR) is 79.0 cm³/mol. The number of aromatic nitrogens is 1. The van der Waals surface area contributed by atoms with Gasteiger partial charge in [0.25, 0.3) is 0 Å².